The van der Waals surface area contributed by atoms with Gasteiger partial charge in [0.1, 0.15) is 0 Å². The molecule has 0 saturated carbocycles. The number of amides is 4. The maximum atomic E-state index is 13.4. The lowest BCUT2D eigenvalue weighted by Gasteiger charge is -2.29. The van der Waals surface area contributed by atoms with E-state index in [1.54, 1.807) is 11.0 Å². The molecule has 0 spiro atoms. The van der Waals surface area contributed by atoms with Crippen LogP contribution in [0.3, 0.4) is 0 Å². The smallest absolute Gasteiger partial charge is 0.317 e. The topological polar surface area (TPSA) is 85.0 Å². The van der Waals surface area contributed by atoms with E-state index in [1.807, 2.05) is 65.5 Å². The second kappa shape index (κ2) is 11.4. The third kappa shape index (κ3) is 7.37. The number of nitrogens with one attached hydrogen (secondary N) is 2. The molecule has 0 aliphatic carbocycles. The first-order chi connectivity index (χ1) is 15.5. The Bertz CT molecular complexity index is 843. The largest absolute Gasteiger partial charge is 0.369 e. The molecule has 2 rings (SSSR count). The van der Waals surface area contributed by atoms with Crippen molar-refractivity contribution in [2.75, 3.05) is 49.5 Å². The van der Waals surface area contributed by atoms with E-state index in [9.17, 15) is 14.4 Å². The predicted molar refractivity (Wildman–Crippen MR) is 134 cm³/mol. The minimum Gasteiger partial charge on any atom is -0.369 e. The zero-order valence-corrected chi connectivity index (χ0v) is 21.3. The third-order valence-electron chi connectivity index (χ3n) is 5.68. The second-order valence-corrected chi connectivity index (χ2v) is 9.86. The van der Waals surface area contributed by atoms with Gasteiger partial charge in [-0.05, 0) is 59.2 Å². The van der Waals surface area contributed by atoms with Gasteiger partial charge in [0.2, 0.25) is 5.91 Å². The lowest BCUT2D eigenvalue weighted by atomic mass is 10.1. The summed E-state index contributed by atoms with van der Waals surface area (Å²) in [5, 5.41) is 5.94. The van der Waals surface area contributed by atoms with Crippen LogP contribution in [-0.2, 0) is 4.79 Å². The molecule has 1 aromatic rings. The molecule has 1 fully saturated rings. The third-order valence-corrected chi connectivity index (χ3v) is 5.68. The van der Waals surface area contributed by atoms with Crippen molar-refractivity contribution in [3.8, 4) is 0 Å². The molecule has 33 heavy (non-hydrogen) atoms. The fourth-order valence-electron chi connectivity index (χ4n) is 3.79. The van der Waals surface area contributed by atoms with Gasteiger partial charge in [-0.25, -0.2) is 4.79 Å². The van der Waals surface area contributed by atoms with Crippen molar-refractivity contribution < 1.29 is 14.4 Å². The molecule has 1 aliphatic rings. The van der Waals surface area contributed by atoms with E-state index in [1.165, 1.54) is 0 Å². The number of carbonyl (C=O) groups is 3. The van der Waals surface area contributed by atoms with Gasteiger partial charge in [-0.3, -0.25) is 9.59 Å². The molecule has 1 aromatic carbocycles. The summed E-state index contributed by atoms with van der Waals surface area (Å²) in [6.07, 6.45) is 0.808. The van der Waals surface area contributed by atoms with E-state index in [2.05, 4.69) is 15.5 Å². The summed E-state index contributed by atoms with van der Waals surface area (Å²) >= 11 is 0. The van der Waals surface area contributed by atoms with Crippen LogP contribution in [0.2, 0.25) is 0 Å². The molecule has 8 heteroatoms. The van der Waals surface area contributed by atoms with Crippen LogP contribution >= 0.6 is 0 Å². The highest BCUT2D eigenvalue weighted by molar-refractivity contribution is 6.02. The Kier molecular flexibility index (Phi) is 9.14. The van der Waals surface area contributed by atoms with Crippen LogP contribution in [-0.4, -0.2) is 72.5 Å². The minimum atomic E-state index is -0.289. The summed E-state index contributed by atoms with van der Waals surface area (Å²) in [4.78, 5) is 44.0. The van der Waals surface area contributed by atoms with E-state index in [-0.39, 0.29) is 29.3 Å². The van der Waals surface area contributed by atoms with Crippen molar-refractivity contribution in [1.29, 1.82) is 0 Å². The molecule has 4 amide bonds. The van der Waals surface area contributed by atoms with Crippen LogP contribution in [0.5, 0.6) is 0 Å². The molecule has 0 bridgehead atoms. The molecule has 1 heterocycles. The summed E-state index contributed by atoms with van der Waals surface area (Å²) in [6.45, 7) is 17.4. The van der Waals surface area contributed by atoms with Gasteiger partial charge < -0.3 is 25.3 Å². The zero-order valence-electron chi connectivity index (χ0n) is 21.3. The number of hydrogen-bond donors (Lipinski definition) is 2. The normalized spacial score (nSPS) is 14.7. The summed E-state index contributed by atoms with van der Waals surface area (Å²) in [7, 11) is 0. The van der Waals surface area contributed by atoms with Gasteiger partial charge >= 0.3 is 6.03 Å². The number of hydrogen-bond acceptors (Lipinski definition) is 4. The monoisotopic (exact) mass is 459 g/mol. The highest BCUT2D eigenvalue weighted by Crippen LogP contribution is 2.27. The van der Waals surface area contributed by atoms with E-state index in [4.69, 9.17) is 0 Å². The first kappa shape index (κ1) is 26.5. The fourth-order valence-corrected chi connectivity index (χ4v) is 3.79. The molecule has 0 aromatic heterocycles. The first-order valence-corrected chi connectivity index (χ1v) is 12.0. The fraction of sp³-hybridized carbons (Fsp3) is 0.640. The Morgan fingerprint density at radius 3 is 2.27 bits per heavy atom. The predicted octanol–water partition coefficient (Wildman–Crippen LogP) is 3.78. The molecule has 184 valence electrons. The molecule has 1 saturated heterocycles. The van der Waals surface area contributed by atoms with Crippen molar-refractivity contribution in [3.63, 3.8) is 0 Å². The molecule has 0 atom stereocenters. The van der Waals surface area contributed by atoms with Gasteiger partial charge in [0.25, 0.3) is 5.91 Å². The van der Waals surface area contributed by atoms with Crippen molar-refractivity contribution in [2.45, 2.75) is 60.4 Å². The van der Waals surface area contributed by atoms with E-state index in [0.717, 1.165) is 18.7 Å². The number of nitrogens with zero attached hydrogens (tertiary/aromatic N) is 3. The Labute approximate surface area is 198 Å². The number of rotatable bonds is 6. The van der Waals surface area contributed by atoms with Crippen molar-refractivity contribution in [2.24, 2.45) is 5.92 Å². The Morgan fingerprint density at radius 2 is 1.70 bits per heavy atom. The Hall–Kier alpha value is -2.77. The summed E-state index contributed by atoms with van der Waals surface area (Å²) in [5.74, 6) is -0.288. The Balaban J connectivity index is 2.31. The van der Waals surface area contributed by atoms with Gasteiger partial charge in [-0.15, -0.1) is 0 Å². The van der Waals surface area contributed by atoms with Gasteiger partial charge in [0.05, 0.1) is 5.56 Å². The highest BCUT2D eigenvalue weighted by Gasteiger charge is 2.26. The van der Waals surface area contributed by atoms with Gasteiger partial charge in [0.15, 0.2) is 0 Å². The van der Waals surface area contributed by atoms with Gasteiger partial charge in [0, 0.05) is 62.1 Å². The lowest BCUT2D eigenvalue weighted by molar-refractivity contribution is -0.118. The average Bonchev–Trinajstić information content (AvgIpc) is 2.99. The molecule has 1 aliphatic heterocycles. The molecule has 0 radical (unpaired) electrons. The molecular formula is C25H41N5O3. The maximum absolute atomic E-state index is 13.4. The van der Waals surface area contributed by atoms with Crippen molar-refractivity contribution in [3.05, 3.63) is 23.8 Å². The molecular weight excluding hydrogens is 418 g/mol. The quantitative estimate of drug-likeness (QED) is 0.678. The molecule has 2 N–H and O–H groups in total. The second-order valence-electron chi connectivity index (χ2n) is 9.86. The van der Waals surface area contributed by atoms with Crippen LogP contribution in [0.4, 0.5) is 16.2 Å². The van der Waals surface area contributed by atoms with Gasteiger partial charge in [-0.1, -0.05) is 13.8 Å². The SMILES string of the molecule is CCN(CC)C(=O)c1cc(NC(=O)C(C)C)ccc1N1CCCN(C(=O)NC(C)(C)C)CC1. The van der Waals surface area contributed by atoms with Crippen LogP contribution in [0.25, 0.3) is 0 Å². The highest BCUT2D eigenvalue weighted by atomic mass is 16.2. The van der Waals surface area contributed by atoms with Crippen LogP contribution in [0, 0.1) is 5.92 Å². The van der Waals surface area contributed by atoms with Crippen LogP contribution < -0.4 is 15.5 Å². The van der Waals surface area contributed by atoms with E-state index in [0.29, 0.717) is 44.0 Å². The Morgan fingerprint density at radius 1 is 1.03 bits per heavy atom. The van der Waals surface area contributed by atoms with E-state index >= 15 is 0 Å². The summed E-state index contributed by atoms with van der Waals surface area (Å²) in [5.41, 5.74) is 1.75. The molecule has 8 nitrogen and oxygen atoms in total. The number of benzene rings is 1. The number of urea groups is 1. The summed E-state index contributed by atoms with van der Waals surface area (Å²) < 4.78 is 0. The number of carbonyl (C=O) groups excluding carboxylic acids is 3. The van der Waals surface area contributed by atoms with Crippen molar-refractivity contribution in [1.82, 2.24) is 15.1 Å². The lowest BCUT2D eigenvalue weighted by Crippen LogP contribution is -2.49. The van der Waals surface area contributed by atoms with Crippen molar-refractivity contribution >= 4 is 29.2 Å². The summed E-state index contributed by atoms with van der Waals surface area (Å²) in [6, 6.07) is 5.49. The van der Waals surface area contributed by atoms with Crippen LogP contribution in [0.1, 0.15) is 65.2 Å². The minimum absolute atomic E-state index is 0.0535. The maximum Gasteiger partial charge on any atom is 0.317 e. The van der Waals surface area contributed by atoms with Crippen LogP contribution in [0.15, 0.2) is 18.2 Å². The number of anilines is 2. The van der Waals surface area contributed by atoms with Gasteiger partial charge in [-0.2, -0.15) is 0 Å². The molecule has 0 unspecified atom stereocenters. The standard InChI is InChI=1S/C25H41N5O3/c1-8-28(9-2)23(32)20-17-19(26-22(31)18(3)4)11-12-21(20)29-13-10-14-30(16-15-29)24(33)27-25(5,6)7/h11-12,17-18H,8-10,13-16H2,1-7H3,(H,26,31)(H,27,33). The van der Waals surface area contributed by atoms with E-state index < -0.39 is 0 Å². The zero-order chi connectivity index (χ0) is 24.8. The average molecular weight is 460 g/mol. The first-order valence-electron chi connectivity index (χ1n) is 12.0.